The summed E-state index contributed by atoms with van der Waals surface area (Å²) >= 11 is 0. The molecule has 0 saturated heterocycles. The summed E-state index contributed by atoms with van der Waals surface area (Å²) in [6.45, 7) is 1.68. The molecule has 0 aliphatic rings. The summed E-state index contributed by atoms with van der Waals surface area (Å²) in [6.07, 6.45) is 3.74. The van der Waals surface area contributed by atoms with E-state index in [9.17, 15) is 4.79 Å². The first-order valence-electron chi connectivity index (χ1n) is 6.44. The summed E-state index contributed by atoms with van der Waals surface area (Å²) in [6, 6.07) is 9.94. The Balaban J connectivity index is 1.88. The van der Waals surface area contributed by atoms with E-state index in [1.165, 1.54) is 5.56 Å². The number of nitrogens with zero attached hydrogens (tertiary/aromatic N) is 1. The number of carbonyl (C=O) groups is 1. The van der Waals surface area contributed by atoms with Crippen LogP contribution in [0.25, 0.3) is 0 Å². The van der Waals surface area contributed by atoms with Crippen LogP contribution in [0.5, 0.6) is 0 Å². The Bertz CT molecular complexity index is 535. The number of rotatable bonds is 6. The highest BCUT2D eigenvalue weighted by Gasteiger charge is 2.04. The quantitative estimate of drug-likeness (QED) is 0.474. The molecule has 0 spiro atoms. The topological polar surface area (TPSA) is 71.5 Å². The molecule has 20 heavy (non-hydrogen) atoms. The van der Waals surface area contributed by atoms with Gasteiger partial charge >= 0.3 is 0 Å². The molecule has 106 valence electrons. The second-order valence-corrected chi connectivity index (χ2v) is 4.86. The predicted octanol–water partition coefficient (Wildman–Crippen LogP) is 1.44. The second kappa shape index (κ2) is 6.88. The Morgan fingerprint density at radius 2 is 1.80 bits per heavy atom. The van der Waals surface area contributed by atoms with Crippen LogP contribution >= 0.6 is 0 Å². The average Bonchev–Trinajstić information content (AvgIpc) is 2.93. The number of nitrogens with two attached hydrogens (primary N) is 1. The smallest absolute Gasteiger partial charge is 0.238 e. The summed E-state index contributed by atoms with van der Waals surface area (Å²) in [4.78, 5) is 13.4. The molecule has 0 fully saturated rings. The van der Waals surface area contributed by atoms with Gasteiger partial charge in [-0.15, -0.1) is 0 Å². The number of amides is 1. The molecule has 1 aromatic heterocycles. The van der Waals surface area contributed by atoms with Crippen LogP contribution in [0.1, 0.15) is 16.7 Å². The minimum absolute atomic E-state index is 0.185. The van der Waals surface area contributed by atoms with E-state index in [0.717, 1.165) is 24.2 Å². The van der Waals surface area contributed by atoms with Crippen molar-refractivity contribution >= 4 is 5.91 Å². The first-order chi connectivity index (χ1) is 9.67. The van der Waals surface area contributed by atoms with Gasteiger partial charge in [0.05, 0.1) is 18.9 Å². The number of hydrogen-bond acceptors (Lipinski definition) is 4. The van der Waals surface area contributed by atoms with E-state index in [2.05, 4.69) is 17.4 Å². The van der Waals surface area contributed by atoms with Gasteiger partial charge in [-0.25, -0.2) is 5.84 Å². The highest BCUT2D eigenvalue weighted by Crippen LogP contribution is 2.10. The minimum Gasteiger partial charge on any atom is -0.472 e. The highest BCUT2D eigenvalue weighted by atomic mass is 16.3. The van der Waals surface area contributed by atoms with Crippen LogP contribution in [0.2, 0.25) is 0 Å². The lowest BCUT2D eigenvalue weighted by atomic mass is 10.1. The predicted molar refractivity (Wildman–Crippen MR) is 76.4 cm³/mol. The van der Waals surface area contributed by atoms with Crippen molar-refractivity contribution in [3.63, 3.8) is 0 Å². The molecule has 0 radical (unpaired) electrons. The summed E-state index contributed by atoms with van der Waals surface area (Å²) in [5, 5.41) is 0. The molecule has 0 bridgehead atoms. The second-order valence-electron chi connectivity index (χ2n) is 4.86. The minimum atomic E-state index is -0.185. The molecule has 0 aliphatic carbocycles. The maximum Gasteiger partial charge on any atom is 0.238 e. The number of benzene rings is 1. The van der Waals surface area contributed by atoms with Crippen molar-refractivity contribution in [2.75, 3.05) is 7.05 Å². The van der Waals surface area contributed by atoms with Crippen LogP contribution in [0.15, 0.2) is 47.3 Å². The molecule has 0 atom stereocenters. The van der Waals surface area contributed by atoms with E-state index in [0.29, 0.717) is 6.42 Å². The molecular weight excluding hydrogens is 254 g/mol. The maximum absolute atomic E-state index is 11.2. The van der Waals surface area contributed by atoms with Crippen LogP contribution in [0, 0.1) is 0 Å². The van der Waals surface area contributed by atoms with E-state index in [4.69, 9.17) is 10.3 Å². The van der Waals surface area contributed by atoms with Gasteiger partial charge in [0.1, 0.15) is 0 Å². The average molecular weight is 273 g/mol. The molecule has 5 nitrogen and oxygen atoms in total. The molecule has 1 heterocycles. The Labute approximate surface area is 118 Å². The first kappa shape index (κ1) is 14.3. The molecule has 3 N–H and O–H groups in total. The van der Waals surface area contributed by atoms with Gasteiger partial charge in [0.2, 0.25) is 5.91 Å². The van der Waals surface area contributed by atoms with Gasteiger partial charge in [-0.1, -0.05) is 24.3 Å². The van der Waals surface area contributed by atoms with Gasteiger partial charge in [-0.3, -0.25) is 15.1 Å². The largest absolute Gasteiger partial charge is 0.472 e. The van der Waals surface area contributed by atoms with Crippen LogP contribution in [0.3, 0.4) is 0 Å². The van der Waals surface area contributed by atoms with E-state index in [1.54, 1.807) is 12.5 Å². The summed E-state index contributed by atoms with van der Waals surface area (Å²) in [7, 11) is 2.06. The van der Waals surface area contributed by atoms with Gasteiger partial charge in [0.25, 0.3) is 0 Å². The maximum atomic E-state index is 11.2. The normalized spacial score (nSPS) is 10.8. The number of carbonyl (C=O) groups excluding carboxylic acids is 1. The lowest BCUT2D eigenvalue weighted by Crippen LogP contribution is -2.31. The molecule has 2 rings (SSSR count). The highest BCUT2D eigenvalue weighted by molar-refractivity contribution is 5.77. The fourth-order valence-electron chi connectivity index (χ4n) is 2.06. The van der Waals surface area contributed by atoms with Gasteiger partial charge in [0.15, 0.2) is 0 Å². The first-order valence-corrected chi connectivity index (χ1v) is 6.44. The zero-order chi connectivity index (χ0) is 14.4. The monoisotopic (exact) mass is 273 g/mol. The standard InChI is InChI=1S/C15H19N3O2/c1-18(10-14-6-7-20-11-14)9-13-4-2-12(3-5-13)8-15(19)17-16/h2-7,11H,8-10,16H2,1H3,(H,17,19). The lowest BCUT2D eigenvalue weighted by Gasteiger charge is -2.15. The third kappa shape index (κ3) is 4.22. The Hall–Kier alpha value is -2.11. The van der Waals surface area contributed by atoms with Crippen LogP contribution in [-0.2, 0) is 24.3 Å². The number of hydrazine groups is 1. The zero-order valence-corrected chi connectivity index (χ0v) is 11.5. The van der Waals surface area contributed by atoms with E-state index in [1.807, 2.05) is 30.3 Å². The summed E-state index contributed by atoms with van der Waals surface area (Å²) < 4.78 is 5.05. The molecule has 0 aliphatic heterocycles. The molecule has 1 aromatic carbocycles. The third-order valence-electron chi connectivity index (χ3n) is 3.03. The van der Waals surface area contributed by atoms with Crippen molar-refractivity contribution in [1.29, 1.82) is 0 Å². The van der Waals surface area contributed by atoms with Crippen molar-refractivity contribution in [2.45, 2.75) is 19.5 Å². The number of hydrogen-bond donors (Lipinski definition) is 2. The van der Waals surface area contributed by atoms with Gasteiger partial charge in [-0.05, 0) is 24.2 Å². The third-order valence-corrected chi connectivity index (χ3v) is 3.03. The van der Waals surface area contributed by atoms with Crippen LogP contribution in [-0.4, -0.2) is 17.9 Å². The van der Waals surface area contributed by atoms with Crippen LogP contribution in [0.4, 0.5) is 0 Å². The van der Waals surface area contributed by atoms with Gasteiger partial charge in [0, 0.05) is 18.7 Å². The van der Waals surface area contributed by atoms with E-state index in [-0.39, 0.29) is 5.91 Å². The van der Waals surface area contributed by atoms with Crippen molar-refractivity contribution in [2.24, 2.45) is 5.84 Å². The number of furan rings is 1. The molecular formula is C15H19N3O2. The summed E-state index contributed by atoms with van der Waals surface area (Å²) in [5.41, 5.74) is 5.44. The van der Waals surface area contributed by atoms with E-state index >= 15 is 0 Å². The lowest BCUT2D eigenvalue weighted by molar-refractivity contribution is -0.120. The summed E-state index contributed by atoms with van der Waals surface area (Å²) in [5.74, 6) is 4.88. The fourth-order valence-corrected chi connectivity index (χ4v) is 2.06. The van der Waals surface area contributed by atoms with Gasteiger partial charge in [-0.2, -0.15) is 0 Å². The Morgan fingerprint density at radius 1 is 1.15 bits per heavy atom. The molecule has 5 heteroatoms. The Morgan fingerprint density at radius 3 is 2.40 bits per heavy atom. The van der Waals surface area contributed by atoms with Crippen molar-refractivity contribution in [3.05, 3.63) is 59.5 Å². The molecule has 0 unspecified atom stereocenters. The van der Waals surface area contributed by atoms with Crippen molar-refractivity contribution in [1.82, 2.24) is 10.3 Å². The van der Waals surface area contributed by atoms with Crippen LogP contribution < -0.4 is 11.3 Å². The fraction of sp³-hybridized carbons (Fsp3) is 0.267. The zero-order valence-electron chi connectivity index (χ0n) is 11.5. The number of nitrogens with one attached hydrogen (secondary N) is 1. The van der Waals surface area contributed by atoms with E-state index < -0.39 is 0 Å². The molecule has 2 aromatic rings. The molecule has 1 amide bonds. The van der Waals surface area contributed by atoms with Crippen molar-refractivity contribution < 1.29 is 9.21 Å². The SMILES string of the molecule is CN(Cc1ccc(CC(=O)NN)cc1)Cc1ccoc1. The Kier molecular flexibility index (Phi) is 4.92. The van der Waals surface area contributed by atoms with Crippen molar-refractivity contribution in [3.8, 4) is 0 Å². The molecule has 0 saturated carbocycles. The van der Waals surface area contributed by atoms with Gasteiger partial charge < -0.3 is 4.42 Å².